The lowest BCUT2D eigenvalue weighted by Crippen LogP contribution is -2.18. The van der Waals surface area contributed by atoms with Crippen molar-refractivity contribution >= 4 is 18.4 Å². The molecule has 3 N–H and O–H groups in total. The normalized spacial score (nSPS) is 11.6. The van der Waals surface area contributed by atoms with Crippen LogP contribution in [0.5, 0.6) is 5.75 Å². The maximum absolute atomic E-state index is 13.3. The molecule has 8 heteroatoms. The molecule has 0 radical (unpaired) electrons. The summed E-state index contributed by atoms with van der Waals surface area (Å²) in [7, 11) is 1.09. The Labute approximate surface area is 107 Å². The first-order valence-electron chi connectivity index (χ1n) is 4.57. The lowest BCUT2D eigenvalue weighted by atomic mass is 10.0. The number of esters is 1. The van der Waals surface area contributed by atoms with Crippen molar-refractivity contribution in [1.82, 2.24) is 0 Å². The molecule has 0 aliphatic heterocycles. The minimum atomic E-state index is -1.75. The smallest absolute Gasteiger partial charge is 0.307 e. The van der Waals surface area contributed by atoms with Gasteiger partial charge in [-0.05, 0) is 0 Å². The van der Waals surface area contributed by atoms with E-state index in [-0.39, 0.29) is 12.4 Å². The van der Waals surface area contributed by atoms with Crippen molar-refractivity contribution in [3.63, 3.8) is 0 Å². The van der Waals surface area contributed by atoms with Crippen LogP contribution in [0.3, 0.4) is 0 Å². The van der Waals surface area contributed by atoms with Gasteiger partial charge in [-0.3, -0.25) is 4.79 Å². The number of halogens is 4. The van der Waals surface area contributed by atoms with Gasteiger partial charge in [-0.25, -0.2) is 13.2 Å². The molecule has 1 atom stereocenters. The molecule has 4 nitrogen and oxygen atoms in total. The quantitative estimate of drug-likeness (QED) is 0.656. The summed E-state index contributed by atoms with van der Waals surface area (Å²) in [5.74, 6) is -6.51. The van der Waals surface area contributed by atoms with Gasteiger partial charge in [-0.15, -0.1) is 12.4 Å². The van der Waals surface area contributed by atoms with E-state index in [2.05, 4.69) is 4.74 Å². The summed E-state index contributed by atoms with van der Waals surface area (Å²) in [5.41, 5.74) is 4.74. The Hall–Kier alpha value is -1.47. The molecule has 0 heterocycles. The highest BCUT2D eigenvalue weighted by Crippen LogP contribution is 2.30. The third-order valence-corrected chi connectivity index (χ3v) is 2.16. The second-order valence-corrected chi connectivity index (χ2v) is 3.31. The van der Waals surface area contributed by atoms with Crippen LogP contribution in [0.1, 0.15) is 18.0 Å². The molecule has 0 unspecified atom stereocenters. The molecule has 18 heavy (non-hydrogen) atoms. The molecular weight excluding hydrogens is 275 g/mol. The van der Waals surface area contributed by atoms with Crippen molar-refractivity contribution < 1.29 is 27.8 Å². The van der Waals surface area contributed by atoms with Gasteiger partial charge >= 0.3 is 5.97 Å². The second-order valence-electron chi connectivity index (χ2n) is 3.31. The maximum Gasteiger partial charge on any atom is 0.307 e. The molecular formula is C10H11ClF3NO3. The zero-order valence-electron chi connectivity index (χ0n) is 9.25. The fourth-order valence-corrected chi connectivity index (χ4v) is 1.31. The van der Waals surface area contributed by atoms with Gasteiger partial charge in [0.1, 0.15) is 5.75 Å². The number of phenols is 1. The van der Waals surface area contributed by atoms with Gasteiger partial charge in [0, 0.05) is 12.1 Å². The fourth-order valence-electron chi connectivity index (χ4n) is 1.31. The van der Waals surface area contributed by atoms with Crippen LogP contribution in [0.4, 0.5) is 13.2 Å². The number of aromatic hydroxyl groups is 1. The molecule has 0 spiro atoms. The van der Waals surface area contributed by atoms with Crippen molar-refractivity contribution in [2.45, 2.75) is 12.5 Å². The third-order valence-electron chi connectivity index (χ3n) is 2.16. The van der Waals surface area contributed by atoms with Gasteiger partial charge in [-0.2, -0.15) is 0 Å². The second kappa shape index (κ2) is 6.46. The number of hydrogen-bond acceptors (Lipinski definition) is 4. The number of carbonyl (C=O) groups is 1. The highest BCUT2D eigenvalue weighted by atomic mass is 35.5. The zero-order valence-corrected chi connectivity index (χ0v) is 10.1. The van der Waals surface area contributed by atoms with E-state index in [1.54, 1.807) is 0 Å². The number of carbonyl (C=O) groups excluding carboxylic acids is 1. The molecule has 1 rings (SSSR count). The molecule has 0 amide bonds. The number of rotatable bonds is 3. The van der Waals surface area contributed by atoms with E-state index in [4.69, 9.17) is 5.73 Å². The Morgan fingerprint density at radius 2 is 2.00 bits per heavy atom. The monoisotopic (exact) mass is 285 g/mol. The Balaban J connectivity index is 0.00000289. The van der Waals surface area contributed by atoms with E-state index in [0.29, 0.717) is 6.07 Å². The lowest BCUT2D eigenvalue weighted by Gasteiger charge is -2.14. The summed E-state index contributed by atoms with van der Waals surface area (Å²) in [4.78, 5) is 10.9. The standard InChI is InChI=1S/C10H10F3NO3.ClH/c1-17-7(16)3-5(14)8-6(15)2-4(11)9(12)10(8)13;/h2,5,15H,3,14H2,1H3;1H/t5-;/m1./s1. The molecule has 1 aromatic carbocycles. The van der Waals surface area contributed by atoms with Crippen LogP contribution in [-0.4, -0.2) is 18.2 Å². The van der Waals surface area contributed by atoms with Crippen LogP contribution in [0.25, 0.3) is 0 Å². The van der Waals surface area contributed by atoms with Gasteiger partial charge < -0.3 is 15.6 Å². The van der Waals surface area contributed by atoms with Gasteiger partial charge in [0.25, 0.3) is 0 Å². The topological polar surface area (TPSA) is 72.5 Å². The van der Waals surface area contributed by atoms with Crippen LogP contribution < -0.4 is 5.73 Å². The van der Waals surface area contributed by atoms with Crippen molar-refractivity contribution in [1.29, 1.82) is 0 Å². The first kappa shape index (κ1) is 16.5. The number of ether oxygens (including phenoxy) is 1. The summed E-state index contributed by atoms with van der Waals surface area (Å²) in [6, 6.07) is -0.928. The summed E-state index contributed by atoms with van der Waals surface area (Å²) < 4.78 is 43.2. The lowest BCUT2D eigenvalue weighted by molar-refractivity contribution is -0.141. The summed E-state index contributed by atoms with van der Waals surface area (Å²) in [5, 5.41) is 9.27. The van der Waals surface area contributed by atoms with Crippen molar-refractivity contribution in [2.75, 3.05) is 7.11 Å². The number of nitrogens with two attached hydrogens (primary N) is 1. The molecule has 0 aliphatic carbocycles. The molecule has 1 aromatic rings. The molecule has 0 saturated heterocycles. The van der Waals surface area contributed by atoms with Gasteiger partial charge in [0.2, 0.25) is 0 Å². The average molecular weight is 286 g/mol. The van der Waals surface area contributed by atoms with Crippen LogP contribution >= 0.6 is 12.4 Å². The molecule has 0 bridgehead atoms. The van der Waals surface area contributed by atoms with Gasteiger partial charge in [-0.1, -0.05) is 0 Å². The summed E-state index contributed by atoms with van der Waals surface area (Å²) >= 11 is 0. The Morgan fingerprint density at radius 1 is 1.44 bits per heavy atom. The minimum absolute atomic E-state index is 0. The van der Waals surface area contributed by atoms with E-state index in [1.807, 2.05) is 0 Å². The number of phenolic OH excluding ortho intramolecular Hbond substituents is 1. The van der Waals surface area contributed by atoms with Crippen LogP contribution in [0.15, 0.2) is 6.07 Å². The minimum Gasteiger partial charge on any atom is -0.507 e. The zero-order chi connectivity index (χ0) is 13.2. The Bertz CT molecular complexity index is 456. The number of methoxy groups -OCH3 is 1. The first-order valence-corrected chi connectivity index (χ1v) is 4.57. The van der Waals surface area contributed by atoms with Crippen molar-refractivity contribution in [3.05, 3.63) is 29.1 Å². The van der Waals surface area contributed by atoms with E-state index in [0.717, 1.165) is 7.11 Å². The number of benzene rings is 1. The fraction of sp³-hybridized carbons (Fsp3) is 0.300. The van der Waals surface area contributed by atoms with E-state index in [1.165, 1.54) is 0 Å². The summed E-state index contributed by atoms with van der Waals surface area (Å²) in [6.45, 7) is 0. The van der Waals surface area contributed by atoms with Gasteiger partial charge in [0.15, 0.2) is 17.5 Å². The van der Waals surface area contributed by atoms with Gasteiger partial charge in [0.05, 0.1) is 19.1 Å². The summed E-state index contributed by atoms with van der Waals surface area (Å²) in [6.07, 6.45) is -0.466. The molecule has 0 saturated carbocycles. The Morgan fingerprint density at radius 3 is 2.50 bits per heavy atom. The van der Waals surface area contributed by atoms with Crippen LogP contribution in [-0.2, 0) is 9.53 Å². The molecule has 102 valence electrons. The predicted molar refractivity (Wildman–Crippen MR) is 58.8 cm³/mol. The third kappa shape index (κ3) is 3.27. The largest absolute Gasteiger partial charge is 0.507 e. The average Bonchev–Trinajstić information content (AvgIpc) is 2.25. The van der Waals surface area contributed by atoms with Crippen LogP contribution in [0, 0.1) is 17.5 Å². The predicted octanol–water partition coefficient (Wildman–Crippen LogP) is 1.79. The first-order chi connectivity index (χ1) is 7.88. The Kier molecular flexibility index (Phi) is 5.93. The SMILES string of the molecule is COC(=O)C[C@@H](N)c1c(O)cc(F)c(F)c1F.Cl. The van der Waals surface area contributed by atoms with Crippen molar-refractivity contribution in [3.8, 4) is 5.75 Å². The molecule has 0 aromatic heterocycles. The van der Waals surface area contributed by atoms with E-state index in [9.17, 15) is 23.1 Å². The molecule has 0 aliphatic rings. The van der Waals surface area contributed by atoms with E-state index >= 15 is 0 Å². The number of hydrogen-bond donors (Lipinski definition) is 2. The molecule has 0 fully saturated rings. The van der Waals surface area contributed by atoms with Crippen molar-refractivity contribution in [2.24, 2.45) is 5.73 Å². The highest BCUT2D eigenvalue weighted by Gasteiger charge is 2.24. The van der Waals surface area contributed by atoms with Crippen LogP contribution in [0.2, 0.25) is 0 Å². The maximum atomic E-state index is 13.3. The van der Waals surface area contributed by atoms with E-state index < -0.39 is 47.2 Å². The highest BCUT2D eigenvalue weighted by molar-refractivity contribution is 5.85.